The molecule has 110 valence electrons. The van der Waals surface area contributed by atoms with Gasteiger partial charge in [-0.25, -0.2) is 0 Å². The molecule has 0 aliphatic carbocycles. The van der Waals surface area contributed by atoms with Crippen molar-refractivity contribution >= 4 is 11.5 Å². The summed E-state index contributed by atoms with van der Waals surface area (Å²) in [6, 6.07) is 6.27. The predicted octanol–water partition coefficient (Wildman–Crippen LogP) is 3.54. The van der Waals surface area contributed by atoms with E-state index in [-0.39, 0.29) is 5.84 Å². The van der Waals surface area contributed by atoms with Crippen molar-refractivity contribution in [1.29, 1.82) is 5.41 Å². The Balaban J connectivity index is 2.21. The lowest BCUT2D eigenvalue weighted by Crippen LogP contribution is -2.27. The summed E-state index contributed by atoms with van der Waals surface area (Å²) in [6.07, 6.45) is 3.78. The van der Waals surface area contributed by atoms with Gasteiger partial charge in [0.05, 0.1) is 0 Å². The van der Waals surface area contributed by atoms with Gasteiger partial charge in [-0.2, -0.15) is 0 Å². The molecule has 0 radical (unpaired) electrons. The fraction of sp³-hybridized carbons (Fsp3) is 0.588. The Bertz CT molecular complexity index is 479. The lowest BCUT2D eigenvalue weighted by atomic mass is 9.89. The van der Waals surface area contributed by atoms with Crippen LogP contribution in [-0.2, 0) is 0 Å². The van der Waals surface area contributed by atoms with Crippen molar-refractivity contribution in [2.45, 2.75) is 40.0 Å². The molecule has 1 aliphatic rings. The van der Waals surface area contributed by atoms with Crippen LogP contribution in [0.5, 0.6) is 0 Å². The van der Waals surface area contributed by atoms with Crippen LogP contribution in [0.15, 0.2) is 18.2 Å². The van der Waals surface area contributed by atoms with Crippen LogP contribution < -0.4 is 10.6 Å². The van der Waals surface area contributed by atoms with Gasteiger partial charge in [0.15, 0.2) is 0 Å². The summed E-state index contributed by atoms with van der Waals surface area (Å²) in [5.41, 5.74) is 8.94. The second-order valence-electron chi connectivity index (χ2n) is 6.36. The molecule has 1 unspecified atom stereocenters. The van der Waals surface area contributed by atoms with Crippen molar-refractivity contribution in [3.05, 3.63) is 29.3 Å². The van der Waals surface area contributed by atoms with Gasteiger partial charge in [-0.1, -0.05) is 25.5 Å². The molecular weight excluding hydrogens is 246 g/mol. The molecule has 3 nitrogen and oxygen atoms in total. The molecule has 0 saturated carbocycles. The van der Waals surface area contributed by atoms with Crippen LogP contribution in [0.1, 0.15) is 44.2 Å². The average Bonchev–Trinajstić information content (AvgIpc) is 2.64. The van der Waals surface area contributed by atoms with Crippen molar-refractivity contribution in [1.82, 2.24) is 0 Å². The maximum absolute atomic E-state index is 7.81. The molecule has 3 heteroatoms. The largest absolute Gasteiger partial charge is 0.384 e. The summed E-state index contributed by atoms with van der Waals surface area (Å²) in [5, 5.41) is 7.81. The van der Waals surface area contributed by atoms with Gasteiger partial charge in [-0.05, 0) is 50.2 Å². The summed E-state index contributed by atoms with van der Waals surface area (Å²) < 4.78 is 0. The molecular formula is C17H27N3. The molecule has 1 aromatic rings. The zero-order valence-electron chi connectivity index (χ0n) is 12.9. The van der Waals surface area contributed by atoms with Gasteiger partial charge in [0.25, 0.3) is 0 Å². The van der Waals surface area contributed by atoms with Crippen molar-refractivity contribution < 1.29 is 0 Å². The van der Waals surface area contributed by atoms with Crippen LogP contribution in [0.4, 0.5) is 5.69 Å². The van der Waals surface area contributed by atoms with Gasteiger partial charge in [0, 0.05) is 24.3 Å². The summed E-state index contributed by atoms with van der Waals surface area (Å²) in [7, 11) is 0. The Kier molecular flexibility index (Phi) is 4.69. The number of hydrogen-bond acceptors (Lipinski definition) is 2. The standard InChI is InChI=1S/C17H27N3/c1-12(2)14-5-4-9-20(10-8-14)16-7-6-13(3)11-15(16)17(18)19/h6-7,11-12,14H,4-5,8-10H2,1-3H3,(H3,18,19). The maximum atomic E-state index is 7.81. The molecule has 0 aromatic heterocycles. The van der Waals surface area contributed by atoms with Crippen LogP contribution >= 0.6 is 0 Å². The molecule has 1 aliphatic heterocycles. The highest BCUT2D eigenvalue weighted by Crippen LogP contribution is 2.29. The van der Waals surface area contributed by atoms with E-state index in [1.54, 1.807) is 0 Å². The van der Waals surface area contributed by atoms with Crippen LogP contribution in [0.25, 0.3) is 0 Å². The molecule has 1 saturated heterocycles. The topological polar surface area (TPSA) is 53.1 Å². The molecule has 1 fully saturated rings. The number of nitrogens with one attached hydrogen (secondary N) is 1. The number of nitrogen functional groups attached to an aromatic ring is 1. The van der Waals surface area contributed by atoms with Crippen molar-refractivity contribution in [3.63, 3.8) is 0 Å². The van der Waals surface area contributed by atoms with Gasteiger partial charge in [0.1, 0.15) is 5.84 Å². The maximum Gasteiger partial charge on any atom is 0.124 e. The molecule has 0 bridgehead atoms. The van der Waals surface area contributed by atoms with Gasteiger partial charge < -0.3 is 10.6 Å². The molecule has 2 rings (SSSR count). The number of anilines is 1. The first-order valence-electron chi connectivity index (χ1n) is 7.69. The fourth-order valence-corrected chi connectivity index (χ4v) is 3.17. The van der Waals surface area contributed by atoms with E-state index < -0.39 is 0 Å². The summed E-state index contributed by atoms with van der Waals surface area (Å²) in [6.45, 7) is 8.85. The third-order valence-corrected chi connectivity index (χ3v) is 4.50. The van der Waals surface area contributed by atoms with E-state index in [1.165, 1.54) is 19.3 Å². The highest BCUT2D eigenvalue weighted by atomic mass is 15.1. The fourth-order valence-electron chi connectivity index (χ4n) is 3.17. The highest BCUT2D eigenvalue weighted by molar-refractivity contribution is 6.00. The summed E-state index contributed by atoms with van der Waals surface area (Å²) >= 11 is 0. The Hall–Kier alpha value is -1.51. The van der Waals surface area contributed by atoms with Crippen molar-refractivity contribution in [2.24, 2.45) is 17.6 Å². The van der Waals surface area contributed by atoms with Gasteiger partial charge >= 0.3 is 0 Å². The molecule has 1 atom stereocenters. The van der Waals surface area contributed by atoms with Crippen LogP contribution in [0.2, 0.25) is 0 Å². The number of hydrogen-bond donors (Lipinski definition) is 2. The molecule has 20 heavy (non-hydrogen) atoms. The minimum atomic E-state index is 0.174. The molecule has 1 heterocycles. The Morgan fingerprint density at radius 1 is 1.30 bits per heavy atom. The lowest BCUT2D eigenvalue weighted by molar-refractivity contribution is 0.351. The normalized spacial score (nSPS) is 20.0. The minimum absolute atomic E-state index is 0.174. The number of benzene rings is 1. The highest BCUT2D eigenvalue weighted by Gasteiger charge is 2.21. The quantitative estimate of drug-likeness (QED) is 0.653. The average molecular weight is 273 g/mol. The smallest absolute Gasteiger partial charge is 0.124 e. The first-order chi connectivity index (χ1) is 9.49. The van der Waals surface area contributed by atoms with Crippen molar-refractivity contribution in [2.75, 3.05) is 18.0 Å². The van der Waals surface area contributed by atoms with Gasteiger partial charge in [0.2, 0.25) is 0 Å². The zero-order chi connectivity index (χ0) is 14.7. The number of amidine groups is 1. The number of aryl methyl sites for hydroxylation is 1. The van der Waals surface area contributed by atoms with Crippen LogP contribution in [-0.4, -0.2) is 18.9 Å². The van der Waals surface area contributed by atoms with Crippen LogP contribution in [0, 0.1) is 24.2 Å². The van der Waals surface area contributed by atoms with E-state index >= 15 is 0 Å². The van der Waals surface area contributed by atoms with Crippen LogP contribution in [0.3, 0.4) is 0 Å². The van der Waals surface area contributed by atoms with Gasteiger partial charge in [-0.15, -0.1) is 0 Å². The third kappa shape index (κ3) is 3.33. The summed E-state index contributed by atoms with van der Waals surface area (Å²) in [5.74, 6) is 1.76. The molecule has 3 N–H and O–H groups in total. The van der Waals surface area contributed by atoms with Crippen molar-refractivity contribution in [3.8, 4) is 0 Å². The monoisotopic (exact) mass is 273 g/mol. The summed E-state index contributed by atoms with van der Waals surface area (Å²) in [4.78, 5) is 2.42. The zero-order valence-corrected chi connectivity index (χ0v) is 12.9. The SMILES string of the molecule is Cc1ccc(N2CCCC(C(C)C)CC2)c(C(=N)N)c1. The van der Waals surface area contributed by atoms with E-state index in [1.807, 2.05) is 13.0 Å². The third-order valence-electron chi connectivity index (χ3n) is 4.50. The van der Waals surface area contributed by atoms with E-state index in [2.05, 4.69) is 30.9 Å². The second-order valence-corrected chi connectivity index (χ2v) is 6.36. The number of nitrogens with zero attached hydrogens (tertiary/aromatic N) is 1. The molecule has 1 aromatic carbocycles. The lowest BCUT2D eigenvalue weighted by Gasteiger charge is -2.26. The first kappa shape index (κ1) is 14.9. The predicted molar refractivity (Wildman–Crippen MR) is 86.6 cm³/mol. The molecule has 0 spiro atoms. The molecule has 0 amide bonds. The Labute approximate surface area is 122 Å². The van der Waals surface area contributed by atoms with E-state index in [0.717, 1.165) is 41.7 Å². The Morgan fingerprint density at radius 2 is 2.05 bits per heavy atom. The van der Waals surface area contributed by atoms with E-state index in [9.17, 15) is 0 Å². The first-order valence-corrected chi connectivity index (χ1v) is 7.69. The minimum Gasteiger partial charge on any atom is -0.384 e. The number of rotatable bonds is 3. The van der Waals surface area contributed by atoms with E-state index in [4.69, 9.17) is 11.1 Å². The van der Waals surface area contributed by atoms with Gasteiger partial charge in [-0.3, -0.25) is 5.41 Å². The second kappa shape index (κ2) is 6.29. The van der Waals surface area contributed by atoms with E-state index in [0.29, 0.717) is 0 Å². The Morgan fingerprint density at radius 3 is 2.70 bits per heavy atom. The number of nitrogens with two attached hydrogens (primary N) is 1.